The molecule has 0 spiro atoms. The molecule has 0 N–H and O–H groups in total. The minimum atomic E-state index is -1.55. The Labute approximate surface area is 223 Å². The highest BCUT2D eigenvalue weighted by Gasteiger charge is 2.66. The molecule has 0 radical (unpaired) electrons. The van der Waals surface area contributed by atoms with E-state index in [1.54, 1.807) is 32.2 Å². The van der Waals surface area contributed by atoms with Crippen LogP contribution >= 0.6 is 0 Å². The van der Waals surface area contributed by atoms with Gasteiger partial charge in [0.15, 0.2) is 5.60 Å². The fraction of sp³-hybridized carbons (Fsp3) is 0.355. The van der Waals surface area contributed by atoms with Gasteiger partial charge in [0.05, 0.1) is 14.2 Å². The molecule has 38 heavy (non-hydrogen) atoms. The lowest BCUT2D eigenvalue weighted by molar-refractivity contribution is -0.193. The topological polar surface area (TPSA) is 80.3 Å². The first-order valence-electron chi connectivity index (χ1n) is 12.5. The summed E-state index contributed by atoms with van der Waals surface area (Å²) in [6, 6.07) is 25.4. The van der Waals surface area contributed by atoms with E-state index in [2.05, 4.69) is 24.3 Å². The lowest BCUT2D eigenvalue weighted by atomic mass is 9.81. The molecule has 0 amide bonds. The van der Waals surface area contributed by atoms with Crippen LogP contribution in [0.2, 0.25) is 0 Å². The van der Waals surface area contributed by atoms with Gasteiger partial charge < -0.3 is 23.7 Å². The number of carbonyl (C=O) groups is 2. The van der Waals surface area contributed by atoms with Crippen molar-refractivity contribution in [2.75, 3.05) is 21.3 Å². The minimum Gasteiger partial charge on any atom is -0.497 e. The van der Waals surface area contributed by atoms with Crippen LogP contribution < -0.4 is 9.47 Å². The van der Waals surface area contributed by atoms with Crippen molar-refractivity contribution in [1.82, 2.24) is 0 Å². The lowest BCUT2D eigenvalue weighted by Crippen LogP contribution is -2.53. The Bertz CT molecular complexity index is 1220. The molecule has 1 saturated carbocycles. The van der Waals surface area contributed by atoms with Crippen molar-refractivity contribution in [1.29, 1.82) is 0 Å². The predicted molar refractivity (Wildman–Crippen MR) is 142 cm³/mol. The van der Waals surface area contributed by atoms with Gasteiger partial charge in [-0.15, -0.1) is 0 Å². The van der Waals surface area contributed by atoms with E-state index in [1.165, 1.54) is 21.1 Å². The van der Waals surface area contributed by atoms with E-state index in [4.69, 9.17) is 23.7 Å². The smallest absolute Gasteiger partial charge is 0.342 e. The summed E-state index contributed by atoms with van der Waals surface area (Å²) in [7, 11) is 4.53. The number of hydrogen-bond acceptors (Lipinski definition) is 7. The van der Waals surface area contributed by atoms with Crippen molar-refractivity contribution in [2.45, 2.75) is 44.0 Å². The molecular weight excluding hydrogens is 484 g/mol. The van der Waals surface area contributed by atoms with E-state index in [-0.39, 0.29) is 12.5 Å². The van der Waals surface area contributed by atoms with E-state index < -0.39 is 29.1 Å². The van der Waals surface area contributed by atoms with Gasteiger partial charge >= 0.3 is 11.9 Å². The number of ether oxygens (including phenoxy) is 5. The second-order valence-corrected chi connectivity index (χ2v) is 9.61. The second-order valence-electron chi connectivity index (χ2n) is 9.61. The molecule has 1 aliphatic rings. The third-order valence-electron chi connectivity index (χ3n) is 7.48. The van der Waals surface area contributed by atoms with E-state index in [0.29, 0.717) is 23.5 Å². The summed E-state index contributed by atoms with van der Waals surface area (Å²) in [5.41, 5.74) is 0.841. The number of carbonyl (C=O) groups excluding carboxylic acids is 2. The molecule has 3 aromatic rings. The lowest BCUT2D eigenvalue weighted by Gasteiger charge is -2.35. The van der Waals surface area contributed by atoms with Gasteiger partial charge in [0.25, 0.3) is 0 Å². The SMILES string of the molecule is COc1ccc(COC(=O)C(C)(OC)C(OC(C)=O)C2CC2(c2ccccc2)c2ccccc2)c(OC)c1. The zero-order valence-corrected chi connectivity index (χ0v) is 22.4. The van der Waals surface area contributed by atoms with Gasteiger partial charge in [-0.25, -0.2) is 4.79 Å². The maximum Gasteiger partial charge on any atom is 0.342 e. The number of methoxy groups -OCH3 is 3. The van der Waals surface area contributed by atoms with Crippen LogP contribution in [0.15, 0.2) is 78.9 Å². The van der Waals surface area contributed by atoms with Gasteiger partial charge in [-0.3, -0.25) is 4.79 Å². The average molecular weight is 519 g/mol. The molecule has 0 aliphatic heterocycles. The fourth-order valence-electron chi connectivity index (χ4n) is 5.29. The van der Waals surface area contributed by atoms with Crippen LogP contribution in [0.3, 0.4) is 0 Å². The monoisotopic (exact) mass is 518 g/mol. The first-order valence-corrected chi connectivity index (χ1v) is 12.5. The van der Waals surface area contributed by atoms with Crippen LogP contribution in [0.1, 0.15) is 37.0 Å². The Morgan fingerprint density at radius 1 is 0.921 bits per heavy atom. The van der Waals surface area contributed by atoms with Crippen molar-refractivity contribution in [3.05, 3.63) is 95.6 Å². The molecule has 4 rings (SSSR count). The maximum atomic E-state index is 13.6. The molecule has 7 heteroatoms. The third-order valence-corrected chi connectivity index (χ3v) is 7.48. The Balaban J connectivity index is 1.66. The summed E-state index contributed by atoms with van der Waals surface area (Å²) in [5, 5.41) is 0. The van der Waals surface area contributed by atoms with Crippen molar-refractivity contribution >= 4 is 11.9 Å². The predicted octanol–water partition coefficient (Wildman–Crippen LogP) is 5.09. The van der Waals surface area contributed by atoms with Gasteiger partial charge in [-0.1, -0.05) is 60.7 Å². The van der Waals surface area contributed by atoms with Crippen LogP contribution in [0.5, 0.6) is 11.5 Å². The summed E-state index contributed by atoms with van der Waals surface area (Å²) in [6.07, 6.45) is -0.215. The van der Waals surface area contributed by atoms with E-state index >= 15 is 0 Å². The standard InChI is InChI=1S/C31H34O7/c1-21(32)38-28(26-19-31(26,23-12-8-6-9-13-23)24-14-10-7-11-15-24)30(2,36-5)29(33)37-20-22-16-17-25(34-3)18-27(22)35-4/h6-18,26,28H,19-20H2,1-5H3. The third kappa shape index (κ3) is 5.11. The summed E-state index contributed by atoms with van der Waals surface area (Å²) >= 11 is 0. The van der Waals surface area contributed by atoms with E-state index in [9.17, 15) is 9.59 Å². The molecule has 3 unspecified atom stereocenters. The molecule has 3 atom stereocenters. The Morgan fingerprint density at radius 3 is 2.03 bits per heavy atom. The van der Waals surface area contributed by atoms with Crippen LogP contribution in [-0.4, -0.2) is 45.0 Å². The molecule has 7 nitrogen and oxygen atoms in total. The molecule has 1 aliphatic carbocycles. The Morgan fingerprint density at radius 2 is 1.53 bits per heavy atom. The van der Waals surface area contributed by atoms with Gasteiger partial charge in [0.1, 0.15) is 24.2 Å². The Kier molecular flexibility index (Phi) is 8.07. The van der Waals surface area contributed by atoms with Crippen molar-refractivity contribution in [2.24, 2.45) is 5.92 Å². The van der Waals surface area contributed by atoms with Crippen molar-refractivity contribution in [3.8, 4) is 11.5 Å². The van der Waals surface area contributed by atoms with Gasteiger partial charge in [0, 0.05) is 37.0 Å². The molecular formula is C31H34O7. The molecule has 3 aromatic carbocycles. The summed E-state index contributed by atoms with van der Waals surface area (Å²) in [6.45, 7) is 2.91. The van der Waals surface area contributed by atoms with E-state index in [0.717, 1.165) is 11.1 Å². The highest BCUT2D eigenvalue weighted by Crippen LogP contribution is 2.62. The quantitative estimate of drug-likeness (QED) is 0.327. The number of rotatable bonds is 11. The fourth-order valence-corrected chi connectivity index (χ4v) is 5.29. The largest absolute Gasteiger partial charge is 0.497 e. The Hall–Kier alpha value is -3.84. The zero-order chi connectivity index (χ0) is 27.3. The van der Waals surface area contributed by atoms with Crippen LogP contribution in [0.4, 0.5) is 0 Å². The molecule has 1 fully saturated rings. The van der Waals surface area contributed by atoms with Crippen LogP contribution in [0, 0.1) is 5.92 Å². The minimum absolute atomic E-state index is 0.0507. The summed E-state index contributed by atoms with van der Waals surface area (Å²) in [4.78, 5) is 25.9. The molecule has 0 aromatic heterocycles. The molecule has 0 saturated heterocycles. The van der Waals surface area contributed by atoms with Crippen molar-refractivity contribution < 1.29 is 33.3 Å². The van der Waals surface area contributed by atoms with Gasteiger partial charge in [-0.05, 0) is 36.6 Å². The highest BCUT2D eigenvalue weighted by atomic mass is 16.6. The summed E-state index contributed by atoms with van der Waals surface area (Å²) < 4.78 is 28.1. The second kappa shape index (κ2) is 11.3. The number of esters is 2. The summed E-state index contributed by atoms with van der Waals surface area (Å²) in [5.74, 6) is -0.192. The average Bonchev–Trinajstić information content (AvgIpc) is 3.71. The zero-order valence-electron chi connectivity index (χ0n) is 22.4. The number of benzene rings is 3. The molecule has 0 heterocycles. The molecule has 200 valence electrons. The van der Waals surface area contributed by atoms with Gasteiger partial charge in [0.2, 0.25) is 0 Å². The van der Waals surface area contributed by atoms with Crippen LogP contribution in [0.25, 0.3) is 0 Å². The first-order chi connectivity index (χ1) is 18.3. The van der Waals surface area contributed by atoms with Crippen LogP contribution in [-0.2, 0) is 35.8 Å². The highest BCUT2D eigenvalue weighted by molar-refractivity contribution is 5.81. The van der Waals surface area contributed by atoms with Gasteiger partial charge in [-0.2, -0.15) is 0 Å². The normalized spacial score (nSPS) is 18.0. The van der Waals surface area contributed by atoms with E-state index in [1.807, 2.05) is 36.4 Å². The van der Waals surface area contributed by atoms with Crippen molar-refractivity contribution in [3.63, 3.8) is 0 Å². The number of hydrogen-bond donors (Lipinski definition) is 0. The first kappa shape index (κ1) is 27.2. The molecule has 0 bridgehead atoms. The maximum absolute atomic E-state index is 13.6.